The van der Waals surface area contributed by atoms with E-state index < -0.39 is 0 Å². The van der Waals surface area contributed by atoms with Gasteiger partial charge >= 0.3 is 0 Å². The third-order valence-electron chi connectivity index (χ3n) is 2.00. The lowest BCUT2D eigenvalue weighted by Gasteiger charge is -1.99. The Morgan fingerprint density at radius 3 is 2.92 bits per heavy atom. The first-order valence-electron chi connectivity index (χ1n) is 3.86. The third-order valence-corrected chi connectivity index (χ3v) is 3.52. The van der Waals surface area contributed by atoms with E-state index >= 15 is 0 Å². The van der Waals surface area contributed by atoms with Crippen LogP contribution in [0, 0.1) is 3.95 Å². The minimum atomic E-state index is 0.879. The van der Waals surface area contributed by atoms with Crippen molar-refractivity contribution in [3.8, 4) is 5.75 Å². The number of benzene rings is 1. The highest BCUT2D eigenvalue weighted by molar-refractivity contribution is 7.73. The summed E-state index contributed by atoms with van der Waals surface area (Å²) >= 11 is 6.78. The molecular formula is C9H9NOS2. The number of thiazole rings is 1. The number of methoxy groups -OCH3 is 1. The molecule has 2 rings (SSSR count). The highest BCUT2D eigenvalue weighted by Gasteiger charge is 2.02. The van der Waals surface area contributed by atoms with E-state index in [9.17, 15) is 0 Å². The van der Waals surface area contributed by atoms with Gasteiger partial charge in [-0.1, -0.05) is 0 Å². The molecule has 0 saturated heterocycles. The van der Waals surface area contributed by atoms with Crippen LogP contribution in [0.25, 0.3) is 10.2 Å². The molecule has 0 bridgehead atoms. The maximum Gasteiger partial charge on any atom is 0.161 e. The Labute approximate surface area is 85.4 Å². The molecule has 1 heterocycles. The number of hydrogen-bond acceptors (Lipinski definition) is 3. The largest absolute Gasteiger partial charge is 0.497 e. The van der Waals surface area contributed by atoms with Crippen molar-refractivity contribution in [3.63, 3.8) is 0 Å². The Morgan fingerprint density at radius 1 is 1.46 bits per heavy atom. The molecule has 0 aliphatic rings. The van der Waals surface area contributed by atoms with Crippen LogP contribution in [-0.4, -0.2) is 11.7 Å². The Hall–Kier alpha value is -0.870. The average molecular weight is 211 g/mol. The zero-order chi connectivity index (χ0) is 9.42. The van der Waals surface area contributed by atoms with Crippen molar-refractivity contribution in [2.24, 2.45) is 7.05 Å². The molecule has 0 aliphatic carbocycles. The van der Waals surface area contributed by atoms with Gasteiger partial charge in [0.2, 0.25) is 0 Å². The minimum Gasteiger partial charge on any atom is -0.497 e. The van der Waals surface area contributed by atoms with Gasteiger partial charge in [0, 0.05) is 7.05 Å². The predicted octanol–water partition coefficient (Wildman–Crippen LogP) is 2.98. The van der Waals surface area contributed by atoms with Gasteiger partial charge < -0.3 is 9.30 Å². The lowest BCUT2D eigenvalue weighted by Crippen LogP contribution is -1.86. The van der Waals surface area contributed by atoms with Crippen LogP contribution in [0.2, 0.25) is 0 Å². The Kier molecular flexibility index (Phi) is 2.09. The van der Waals surface area contributed by atoms with E-state index in [1.165, 1.54) is 4.70 Å². The summed E-state index contributed by atoms with van der Waals surface area (Å²) in [6.07, 6.45) is 0. The quantitative estimate of drug-likeness (QED) is 0.673. The van der Waals surface area contributed by atoms with Crippen LogP contribution >= 0.6 is 23.6 Å². The molecule has 1 aromatic heterocycles. The van der Waals surface area contributed by atoms with E-state index in [2.05, 4.69) is 0 Å². The van der Waals surface area contributed by atoms with Gasteiger partial charge in [0.25, 0.3) is 0 Å². The van der Waals surface area contributed by atoms with E-state index in [4.69, 9.17) is 17.0 Å². The van der Waals surface area contributed by atoms with E-state index in [1.807, 2.05) is 29.8 Å². The SMILES string of the molecule is COc1ccc2c(c1)sc(=S)n2C. The predicted molar refractivity (Wildman–Crippen MR) is 58.2 cm³/mol. The van der Waals surface area contributed by atoms with Gasteiger partial charge in [-0.25, -0.2) is 0 Å². The Morgan fingerprint density at radius 2 is 2.23 bits per heavy atom. The van der Waals surface area contributed by atoms with Crippen LogP contribution in [-0.2, 0) is 7.05 Å². The van der Waals surface area contributed by atoms with Crippen LogP contribution in [0.1, 0.15) is 0 Å². The summed E-state index contributed by atoms with van der Waals surface area (Å²) in [7, 11) is 3.65. The second-order valence-corrected chi connectivity index (χ2v) is 4.44. The van der Waals surface area contributed by atoms with Crippen molar-refractivity contribution in [1.82, 2.24) is 4.57 Å². The van der Waals surface area contributed by atoms with Crippen LogP contribution in [0.5, 0.6) is 5.75 Å². The molecule has 0 spiro atoms. The fraction of sp³-hybridized carbons (Fsp3) is 0.222. The number of rotatable bonds is 1. The number of hydrogen-bond donors (Lipinski definition) is 0. The molecule has 4 heteroatoms. The van der Waals surface area contributed by atoms with E-state index in [0.717, 1.165) is 15.2 Å². The maximum absolute atomic E-state index is 5.17. The second-order valence-electron chi connectivity index (χ2n) is 2.76. The van der Waals surface area contributed by atoms with E-state index in [1.54, 1.807) is 18.4 Å². The fourth-order valence-electron chi connectivity index (χ4n) is 1.24. The van der Waals surface area contributed by atoms with Gasteiger partial charge in [-0.15, -0.1) is 11.3 Å². The summed E-state index contributed by atoms with van der Waals surface area (Å²) in [5, 5.41) is 0. The summed E-state index contributed by atoms with van der Waals surface area (Å²) in [6.45, 7) is 0. The molecule has 68 valence electrons. The first kappa shape index (κ1) is 8.72. The Bertz CT molecular complexity index is 498. The topological polar surface area (TPSA) is 14.2 Å². The molecule has 0 unspecified atom stereocenters. The highest BCUT2D eigenvalue weighted by atomic mass is 32.1. The Balaban J connectivity index is 2.80. The van der Waals surface area contributed by atoms with Crippen LogP contribution in [0.15, 0.2) is 18.2 Å². The molecule has 0 saturated carbocycles. The third kappa shape index (κ3) is 1.36. The second kappa shape index (κ2) is 3.12. The summed E-state index contributed by atoms with van der Waals surface area (Å²) in [5.41, 5.74) is 1.16. The van der Waals surface area contributed by atoms with Crippen molar-refractivity contribution in [2.45, 2.75) is 0 Å². The molecule has 1 aromatic carbocycles. The summed E-state index contributed by atoms with van der Waals surface area (Å²) < 4.78 is 9.21. The standard InChI is InChI=1S/C9H9NOS2/c1-10-7-4-3-6(11-2)5-8(7)13-9(10)12/h3-5H,1-2H3. The molecule has 0 N–H and O–H groups in total. The van der Waals surface area contributed by atoms with Crippen LogP contribution in [0.3, 0.4) is 0 Å². The van der Waals surface area contributed by atoms with Crippen molar-refractivity contribution in [2.75, 3.05) is 7.11 Å². The number of nitrogens with zero attached hydrogens (tertiary/aromatic N) is 1. The van der Waals surface area contributed by atoms with Gasteiger partial charge in [0.05, 0.1) is 17.3 Å². The zero-order valence-corrected chi connectivity index (χ0v) is 9.04. The first-order valence-corrected chi connectivity index (χ1v) is 5.08. The van der Waals surface area contributed by atoms with Gasteiger partial charge in [0.15, 0.2) is 3.95 Å². The molecule has 0 atom stereocenters. The normalized spacial score (nSPS) is 10.6. The minimum absolute atomic E-state index is 0.879. The van der Waals surface area contributed by atoms with Gasteiger partial charge in [-0.3, -0.25) is 0 Å². The smallest absolute Gasteiger partial charge is 0.161 e. The average Bonchev–Trinajstić information content (AvgIpc) is 2.42. The van der Waals surface area contributed by atoms with Crippen LogP contribution in [0.4, 0.5) is 0 Å². The molecular weight excluding hydrogens is 202 g/mol. The van der Waals surface area contributed by atoms with Gasteiger partial charge in [-0.2, -0.15) is 0 Å². The summed E-state index contributed by atoms with van der Waals surface area (Å²) in [5.74, 6) is 0.879. The van der Waals surface area contributed by atoms with E-state index in [0.29, 0.717) is 0 Å². The molecule has 2 aromatic rings. The number of aromatic nitrogens is 1. The number of fused-ring (bicyclic) bond motifs is 1. The number of ether oxygens (including phenoxy) is 1. The van der Waals surface area contributed by atoms with Crippen molar-refractivity contribution in [1.29, 1.82) is 0 Å². The van der Waals surface area contributed by atoms with Crippen molar-refractivity contribution >= 4 is 33.8 Å². The summed E-state index contributed by atoms with van der Waals surface area (Å²) in [4.78, 5) is 0. The lowest BCUT2D eigenvalue weighted by molar-refractivity contribution is 0.415. The zero-order valence-electron chi connectivity index (χ0n) is 7.40. The molecule has 0 fully saturated rings. The lowest BCUT2D eigenvalue weighted by atomic mass is 10.3. The summed E-state index contributed by atoms with van der Waals surface area (Å²) in [6, 6.07) is 5.99. The van der Waals surface area contributed by atoms with E-state index in [-0.39, 0.29) is 0 Å². The first-order chi connectivity index (χ1) is 6.22. The number of aryl methyl sites for hydroxylation is 1. The molecule has 0 radical (unpaired) electrons. The van der Waals surface area contributed by atoms with Crippen molar-refractivity contribution in [3.05, 3.63) is 22.2 Å². The molecule has 13 heavy (non-hydrogen) atoms. The van der Waals surface area contributed by atoms with Crippen molar-refractivity contribution < 1.29 is 4.74 Å². The molecule has 0 amide bonds. The molecule has 2 nitrogen and oxygen atoms in total. The fourth-order valence-corrected chi connectivity index (χ4v) is 2.52. The highest BCUT2D eigenvalue weighted by Crippen LogP contribution is 2.26. The van der Waals surface area contributed by atoms with Gasteiger partial charge in [0.1, 0.15) is 5.75 Å². The van der Waals surface area contributed by atoms with Gasteiger partial charge in [-0.05, 0) is 30.4 Å². The monoisotopic (exact) mass is 211 g/mol. The molecule has 0 aliphatic heterocycles. The maximum atomic E-state index is 5.17. The van der Waals surface area contributed by atoms with Crippen LogP contribution < -0.4 is 4.74 Å².